The Labute approximate surface area is 713 Å². The van der Waals surface area contributed by atoms with Crippen LogP contribution in [0.5, 0.6) is 0 Å². The van der Waals surface area contributed by atoms with E-state index in [9.17, 15) is 71.9 Å². The molecule has 10 aliphatic carbocycles. The summed E-state index contributed by atoms with van der Waals surface area (Å²) < 4.78 is 86.6. The molecule has 37 unspecified atom stereocenters. The minimum absolute atomic E-state index is 0.000856. The minimum atomic E-state index is -0.621. The Kier molecular flexibility index (Phi) is 26.9. The molecular weight excluding hydrogens is 1590 g/mol. The molecule has 8 saturated heterocycles. The molecule has 122 heavy (non-hydrogen) atoms. The first-order valence-corrected chi connectivity index (χ1v) is 45.1. The van der Waals surface area contributed by atoms with Crippen molar-refractivity contribution in [2.45, 2.75) is 293 Å². The lowest BCUT2D eigenvalue weighted by Gasteiger charge is -2.32. The lowest BCUT2D eigenvalue weighted by atomic mass is 9.78. The summed E-state index contributed by atoms with van der Waals surface area (Å²) >= 11 is 0. The van der Waals surface area contributed by atoms with Crippen molar-refractivity contribution in [3.63, 3.8) is 0 Å². The van der Waals surface area contributed by atoms with E-state index in [-0.39, 0.29) is 222 Å². The molecule has 12 bridgehead atoms. The van der Waals surface area contributed by atoms with Crippen LogP contribution < -0.4 is 0 Å². The number of rotatable bonds is 22. The van der Waals surface area contributed by atoms with E-state index < -0.39 is 88.4 Å². The number of hydrogen-bond donors (Lipinski definition) is 0. The summed E-state index contributed by atoms with van der Waals surface area (Å²) in [5, 5.41) is 0. The molecule has 18 fully saturated rings. The Hall–Kier alpha value is -7.99. The summed E-state index contributed by atoms with van der Waals surface area (Å²) in [6.07, 6.45) is 6.87. The van der Waals surface area contributed by atoms with Gasteiger partial charge in [0, 0.05) is 59.2 Å². The third-order valence-corrected chi connectivity index (χ3v) is 31.2. The SMILES string of the molecule is CCC(C)(C)C(=O)OC1CC2CC1C1C(=O)OCC21.CCC(C)(C)C(=O)OC1CC2CC1C1COC(=O)C21.CCC(C)C(=O)OC1C2CC3C(=O)OC1C3O2.CCC(C)C(=O)OC1C2CC3C1OC(=O)C3C2C(=O)OC.CCC(C)C(=O)OC1C2CC3C1OC(=O)C3C2C(=O)OC(C)(C)C.CCOC(=O)C1C2CC3C(OC(=O)C31)C2OC(=O)C(C)CC. The third kappa shape index (κ3) is 16.9. The van der Waals surface area contributed by atoms with Crippen LogP contribution in [0.2, 0.25) is 0 Å². The van der Waals surface area contributed by atoms with Crippen LogP contribution in [-0.4, -0.2) is 195 Å². The van der Waals surface area contributed by atoms with Crippen molar-refractivity contribution in [3.8, 4) is 0 Å². The summed E-state index contributed by atoms with van der Waals surface area (Å²) in [4.78, 5) is 180. The second-order valence-corrected chi connectivity index (χ2v) is 39.9. The highest BCUT2D eigenvalue weighted by atomic mass is 16.7. The number of cyclic esters (lactones) is 2. The fourth-order valence-electron chi connectivity index (χ4n) is 22.9. The quantitative estimate of drug-likeness (QED) is 0.0719. The standard InChI is InChI=1S/C18H26O6.C16H22O6.C15H20O6.2C15H22O4.C12H16O5/c1-6-8(2)15(19)22-13-10-7-9-11(16(20)23-14(9)13)12(10)17(21)24-18(3,4)5;1-4-7(3)14(17)21-12-8-6-9-11(16(19)22-13(9)12)10(8)15(18)20-5-2;1-4-6(2)13(16)20-11-7-5-8-10(9(7)14(17)19-3)15(18)21-12(8)11;1-4-15(2,3)14(17)19-11-6-8-5-9(11)10-7-18-13(16)12(8)10;1-4-15(2,3)14(17)19-11-6-8-5-9(11)12-10(8)7-18-13(12)16;1-3-5(2)11(13)16-9-7-4-6-8(15-7)10(9)17-12(6)14/h8-14H,6-7H2,1-5H3;7-13H,4-6H2,1-3H3;6-12H,4-5H2,1-3H3;2*8-12H,4-7H2,1-3H3;5-10H,3-4H2,1-2H3. The van der Waals surface area contributed by atoms with Gasteiger partial charge in [-0.15, -0.1) is 0 Å². The second kappa shape index (κ2) is 35.8. The average molecular weight is 1720 g/mol. The maximum atomic E-state index is 12.6. The maximum absolute atomic E-state index is 12.6. The number of esters is 15. The predicted octanol–water partition coefficient (Wildman–Crippen LogP) is 9.32. The molecule has 18 rings (SSSR count). The van der Waals surface area contributed by atoms with Crippen LogP contribution in [0.1, 0.15) is 215 Å². The Bertz CT molecular complexity index is 4040. The molecule has 18 aliphatic rings. The smallest absolute Gasteiger partial charge is 0.312 e. The fraction of sp³-hybridized carbons (Fsp3) is 0.835. The van der Waals surface area contributed by atoms with Gasteiger partial charge in [-0.1, -0.05) is 69.2 Å². The van der Waals surface area contributed by atoms with Crippen molar-refractivity contribution in [1.29, 1.82) is 0 Å². The Morgan fingerprint density at radius 3 is 1.17 bits per heavy atom. The van der Waals surface area contributed by atoms with Crippen molar-refractivity contribution < 1.29 is 148 Å². The molecule has 0 aromatic heterocycles. The lowest BCUT2D eigenvalue weighted by Crippen LogP contribution is -2.45. The first-order chi connectivity index (χ1) is 57.6. The number of carbonyl (C=O) groups is 15. The molecule has 0 spiro atoms. The second-order valence-electron chi connectivity index (χ2n) is 39.9. The van der Waals surface area contributed by atoms with E-state index in [0.717, 1.165) is 44.9 Å². The summed E-state index contributed by atoms with van der Waals surface area (Å²) in [7, 11) is 1.31. The van der Waals surface area contributed by atoms with Crippen molar-refractivity contribution >= 4 is 89.5 Å². The van der Waals surface area contributed by atoms with Gasteiger partial charge < -0.3 is 75.8 Å². The van der Waals surface area contributed by atoms with Crippen LogP contribution in [0, 0.1) is 159 Å². The van der Waals surface area contributed by atoms with Gasteiger partial charge in [0.05, 0.1) is 121 Å². The van der Waals surface area contributed by atoms with E-state index in [1.165, 1.54) is 7.11 Å². The van der Waals surface area contributed by atoms with E-state index in [4.69, 9.17) is 75.8 Å². The molecule has 678 valence electrons. The number of carbonyl (C=O) groups excluding carboxylic acids is 15. The Morgan fingerprint density at radius 1 is 0.369 bits per heavy atom. The number of hydrogen-bond acceptors (Lipinski definition) is 31. The van der Waals surface area contributed by atoms with Crippen LogP contribution in [0.4, 0.5) is 0 Å². The van der Waals surface area contributed by atoms with Crippen molar-refractivity contribution in [3.05, 3.63) is 0 Å². The average Bonchev–Trinajstić information content (AvgIpc) is 1.54. The number of fused-ring (bicyclic) bond motifs is 14. The van der Waals surface area contributed by atoms with E-state index in [0.29, 0.717) is 81.8 Å². The largest absolute Gasteiger partial charge is 0.469 e. The van der Waals surface area contributed by atoms with E-state index in [1.54, 1.807) is 34.6 Å². The highest BCUT2D eigenvalue weighted by Gasteiger charge is 2.74. The predicted molar refractivity (Wildman–Crippen MR) is 420 cm³/mol. The van der Waals surface area contributed by atoms with Gasteiger partial charge in [-0.2, -0.15) is 0 Å². The zero-order chi connectivity index (χ0) is 88.9. The van der Waals surface area contributed by atoms with Gasteiger partial charge in [-0.3, -0.25) is 71.9 Å². The lowest BCUT2D eigenvalue weighted by molar-refractivity contribution is -0.173. The van der Waals surface area contributed by atoms with Crippen molar-refractivity contribution in [2.24, 2.45) is 159 Å². The Balaban J connectivity index is 0.000000127. The van der Waals surface area contributed by atoms with Crippen LogP contribution in [0.15, 0.2) is 0 Å². The first-order valence-electron chi connectivity index (χ1n) is 45.1. The molecule has 8 heterocycles. The molecule has 31 nitrogen and oxygen atoms in total. The summed E-state index contributed by atoms with van der Waals surface area (Å²) in [5.74, 6) is -6.20. The van der Waals surface area contributed by atoms with E-state index in [1.807, 2.05) is 90.0 Å². The highest BCUT2D eigenvalue weighted by Crippen LogP contribution is 2.64. The normalized spacial score (nSPS) is 40.2. The fourth-order valence-corrected chi connectivity index (χ4v) is 22.9. The molecule has 8 aliphatic heterocycles. The van der Waals surface area contributed by atoms with Gasteiger partial charge in [-0.05, 0) is 157 Å². The van der Waals surface area contributed by atoms with Gasteiger partial charge in [0.25, 0.3) is 0 Å². The maximum Gasteiger partial charge on any atom is 0.312 e. The highest BCUT2D eigenvalue weighted by molar-refractivity contribution is 5.89. The monoisotopic (exact) mass is 1720 g/mol. The summed E-state index contributed by atoms with van der Waals surface area (Å²) in [5.41, 5.74) is -1.47. The molecule has 0 aromatic carbocycles. The van der Waals surface area contributed by atoms with Crippen LogP contribution >= 0.6 is 0 Å². The zero-order valence-electron chi connectivity index (χ0n) is 74.0. The topological polar surface area (TPSA) is 404 Å². The summed E-state index contributed by atoms with van der Waals surface area (Å²) in [6, 6.07) is 0. The zero-order valence-corrected chi connectivity index (χ0v) is 74.0. The number of ether oxygens (including phenoxy) is 16. The molecule has 10 saturated carbocycles. The number of methoxy groups -OCH3 is 1. The molecule has 37 atom stereocenters. The van der Waals surface area contributed by atoms with Crippen LogP contribution in [0.3, 0.4) is 0 Å². The molecule has 0 aromatic rings. The molecule has 0 radical (unpaired) electrons. The van der Waals surface area contributed by atoms with Crippen LogP contribution in [0.25, 0.3) is 0 Å². The van der Waals surface area contributed by atoms with Crippen LogP contribution in [-0.2, 0) is 148 Å². The van der Waals surface area contributed by atoms with Gasteiger partial charge in [-0.25, -0.2) is 0 Å². The van der Waals surface area contributed by atoms with E-state index >= 15 is 0 Å². The molecule has 0 amide bonds. The Morgan fingerprint density at radius 2 is 0.754 bits per heavy atom. The van der Waals surface area contributed by atoms with Crippen molar-refractivity contribution in [2.75, 3.05) is 26.9 Å². The third-order valence-electron chi connectivity index (χ3n) is 31.2. The first kappa shape index (κ1) is 91.7. The molecule has 0 N–H and O–H groups in total. The minimum Gasteiger partial charge on any atom is -0.469 e. The molecule has 31 heteroatoms. The molecular formula is C91H128O31. The van der Waals surface area contributed by atoms with Gasteiger partial charge >= 0.3 is 89.5 Å². The summed E-state index contributed by atoms with van der Waals surface area (Å²) in [6.45, 7) is 35.1. The van der Waals surface area contributed by atoms with Gasteiger partial charge in [0.15, 0.2) is 12.2 Å². The van der Waals surface area contributed by atoms with E-state index in [2.05, 4.69) is 0 Å². The van der Waals surface area contributed by atoms with Gasteiger partial charge in [0.2, 0.25) is 0 Å². The van der Waals surface area contributed by atoms with Crippen molar-refractivity contribution in [1.82, 2.24) is 0 Å². The van der Waals surface area contributed by atoms with Gasteiger partial charge in [0.1, 0.15) is 60.5 Å².